The minimum Gasteiger partial charge on any atom is -0.444 e. The van der Waals surface area contributed by atoms with Gasteiger partial charge in [0.25, 0.3) is 0 Å². The number of ether oxygens (including phenoxy) is 1. The van der Waals surface area contributed by atoms with Gasteiger partial charge in [-0.15, -0.1) is 0 Å². The van der Waals surface area contributed by atoms with Crippen LogP contribution in [-0.4, -0.2) is 54.0 Å². The van der Waals surface area contributed by atoms with Crippen LogP contribution < -0.4 is 5.32 Å². The number of nitrogens with one attached hydrogen (secondary N) is 1. The molecule has 1 fully saturated rings. The van der Waals surface area contributed by atoms with Crippen molar-refractivity contribution < 1.29 is 14.6 Å². The summed E-state index contributed by atoms with van der Waals surface area (Å²) in [6.07, 6.45) is 2.77. The maximum atomic E-state index is 11.6. The molecular weight excluding hydrogens is 232 g/mol. The first-order valence-electron chi connectivity index (χ1n) is 6.74. The molecule has 0 bridgehead atoms. The zero-order valence-corrected chi connectivity index (χ0v) is 11.7. The molecule has 0 aliphatic carbocycles. The van der Waals surface area contributed by atoms with Crippen molar-refractivity contribution in [2.45, 2.75) is 51.7 Å². The predicted molar refractivity (Wildman–Crippen MR) is 70.5 cm³/mol. The molecule has 0 aromatic rings. The third kappa shape index (κ3) is 5.69. The molecule has 0 aromatic heterocycles. The summed E-state index contributed by atoms with van der Waals surface area (Å²) in [4.78, 5) is 13.4. The molecule has 1 saturated heterocycles. The largest absolute Gasteiger partial charge is 0.444 e. The predicted octanol–water partition coefficient (Wildman–Crippen LogP) is 1.36. The van der Waals surface area contributed by atoms with Gasteiger partial charge in [-0.1, -0.05) is 0 Å². The number of nitrogens with zero attached hydrogens (tertiary/aromatic N) is 1. The molecule has 0 spiro atoms. The summed E-state index contributed by atoms with van der Waals surface area (Å²) in [6.45, 7) is 8.32. The minimum atomic E-state index is -0.417. The van der Waals surface area contributed by atoms with Gasteiger partial charge in [-0.05, 0) is 46.6 Å². The molecule has 1 heterocycles. The van der Waals surface area contributed by atoms with Gasteiger partial charge in [-0.3, -0.25) is 0 Å². The van der Waals surface area contributed by atoms with Crippen molar-refractivity contribution in [2.24, 2.45) is 0 Å². The summed E-state index contributed by atoms with van der Waals surface area (Å²) in [5.74, 6) is 0. The number of rotatable bonds is 6. The standard InChI is InChI=1S/C13H26N2O3/c1-13(2,3)18-12(17)15-9-11(10-15)14-7-5-4-6-8-16/h11,14,16H,4-10H2,1-3H3. The minimum absolute atomic E-state index is 0.221. The van der Waals surface area contributed by atoms with Crippen molar-refractivity contribution in [3.8, 4) is 0 Å². The van der Waals surface area contributed by atoms with Crippen molar-refractivity contribution in [1.29, 1.82) is 0 Å². The summed E-state index contributed by atoms with van der Waals surface area (Å²) >= 11 is 0. The lowest BCUT2D eigenvalue weighted by molar-refractivity contribution is 0.00534. The van der Waals surface area contributed by atoms with Crippen LogP contribution in [0.25, 0.3) is 0 Å². The zero-order valence-electron chi connectivity index (χ0n) is 11.7. The number of amides is 1. The number of aliphatic hydroxyl groups excluding tert-OH is 1. The van der Waals surface area contributed by atoms with Crippen LogP contribution in [0.2, 0.25) is 0 Å². The van der Waals surface area contributed by atoms with E-state index in [1.807, 2.05) is 20.8 Å². The van der Waals surface area contributed by atoms with Gasteiger partial charge in [0, 0.05) is 25.7 Å². The molecule has 1 aliphatic heterocycles. The fraction of sp³-hybridized carbons (Fsp3) is 0.923. The molecular formula is C13H26N2O3. The van der Waals surface area contributed by atoms with Gasteiger partial charge < -0.3 is 20.1 Å². The number of hydrogen-bond acceptors (Lipinski definition) is 4. The fourth-order valence-electron chi connectivity index (χ4n) is 1.80. The summed E-state index contributed by atoms with van der Waals surface area (Å²) in [7, 11) is 0. The average molecular weight is 258 g/mol. The lowest BCUT2D eigenvalue weighted by Crippen LogP contribution is -2.60. The van der Waals surface area contributed by atoms with E-state index in [9.17, 15) is 4.79 Å². The van der Waals surface area contributed by atoms with Crippen molar-refractivity contribution in [2.75, 3.05) is 26.2 Å². The van der Waals surface area contributed by atoms with Gasteiger partial charge in [-0.25, -0.2) is 4.79 Å². The molecule has 1 rings (SSSR count). The van der Waals surface area contributed by atoms with E-state index in [4.69, 9.17) is 9.84 Å². The monoisotopic (exact) mass is 258 g/mol. The Morgan fingerprint density at radius 2 is 2.00 bits per heavy atom. The van der Waals surface area contributed by atoms with Crippen LogP contribution in [0.5, 0.6) is 0 Å². The van der Waals surface area contributed by atoms with E-state index in [0.29, 0.717) is 6.04 Å². The normalized spacial score (nSPS) is 16.6. The molecule has 106 valence electrons. The van der Waals surface area contributed by atoms with Crippen LogP contribution in [0.4, 0.5) is 4.79 Å². The van der Waals surface area contributed by atoms with Crippen LogP contribution in [0.1, 0.15) is 40.0 Å². The summed E-state index contributed by atoms with van der Waals surface area (Å²) < 4.78 is 5.28. The Kier molecular flexibility index (Phi) is 5.88. The van der Waals surface area contributed by atoms with E-state index in [1.54, 1.807) is 4.90 Å². The average Bonchev–Trinajstić information content (AvgIpc) is 2.17. The molecule has 5 nitrogen and oxygen atoms in total. The van der Waals surface area contributed by atoms with E-state index in [2.05, 4.69) is 5.32 Å². The van der Waals surface area contributed by atoms with Crippen molar-refractivity contribution >= 4 is 6.09 Å². The second-order valence-corrected chi connectivity index (χ2v) is 5.82. The quantitative estimate of drug-likeness (QED) is 0.706. The maximum absolute atomic E-state index is 11.6. The van der Waals surface area contributed by atoms with Gasteiger partial charge in [0.1, 0.15) is 5.60 Å². The Labute approximate surface area is 109 Å². The van der Waals surface area contributed by atoms with Crippen LogP contribution in [0, 0.1) is 0 Å². The maximum Gasteiger partial charge on any atom is 0.410 e. The van der Waals surface area contributed by atoms with Crippen molar-refractivity contribution in [1.82, 2.24) is 10.2 Å². The molecule has 1 amide bonds. The lowest BCUT2D eigenvalue weighted by Gasteiger charge is -2.40. The lowest BCUT2D eigenvalue weighted by atomic mass is 10.1. The summed E-state index contributed by atoms with van der Waals surface area (Å²) in [5, 5.41) is 12.0. The second kappa shape index (κ2) is 6.95. The molecule has 0 radical (unpaired) electrons. The van der Waals surface area contributed by atoms with Crippen LogP contribution in [0.3, 0.4) is 0 Å². The third-order valence-electron chi connectivity index (χ3n) is 2.80. The van der Waals surface area contributed by atoms with Gasteiger partial charge in [-0.2, -0.15) is 0 Å². The Bertz CT molecular complexity index is 257. The summed E-state index contributed by atoms with van der Waals surface area (Å²) in [6, 6.07) is 0.395. The molecule has 5 heteroatoms. The number of carbonyl (C=O) groups excluding carboxylic acids is 1. The number of unbranched alkanes of at least 4 members (excludes halogenated alkanes) is 2. The Morgan fingerprint density at radius 3 is 2.56 bits per heavy atom. The highest BCUT2D eigenvalue weighted by Crippen LogP contribution is 2.15. The van der Waals surface area contributed by atoms with Crippen molar-refractivity contribution in [3.05, 3.63) is 0 Å². The first-order valence-corrected chi connectivity index (χ1v) is 6.74. The molecule has 0 saturated carbocycles. The zero-order chi connectivity index (χ0) is 13.6. The number of carbonyl (C=O) groups is 1. The van der Waals surface area contributed by atoms with Crippen molar-refractivity contribution in [3.63, 3.8) is 0 Å². The van der Waals surface area contributed by atoms with E-state index in [1.165, 1.54) is 0 Å². The highest BCUT2D eigenvalue weighted by Gasteiger charge is 2.32. The molecule has 0 aromatic carbocycles. The highest BCUT2D eigenvalue weighted by atomic mass is 16.6. The SMILES string of the molecule is CC(C)(C)OC(=O)N1CC(NCCCCCO)C1. The van der Waals surface area contributed by atoms with Gasteiger partial charge in [0.15, 0.2) is 0 Å². The van der Waals surface area contributed by atoms with E-state index < -0.39 is 5.60 Å². The van der Waals surface area contributed by atoms with E-state index in [-0.39, 0.29) is 12.7 Å². The molecule has 18 heavy (non-hydrogen) atoms. The van der Waals surface area contributed by atoms with Gasteiger partial charge in [0.2, 0.25) is 0 Å². The molecule has 1 aliphatic rings. The molecule has 0 unspecified atom stereocenters. The van der Waals surface area contributed by atoms with Crippen LogP contribution in [-0.2, 0) is 4.74 Å². The van der Waals surface area contributed by atoms with Crippen LogP contribution in [0.15, 0.2) is 0 Å². The second-order valence-electron chi connectivity index (χ2n) is 5.82. The number of likely N-dealkylation sites (tertiary alicyclic amines) is 1. The number of aliphatic hydroxyl groups is 1. The Balaban J connectivity index is 2.04. The molecule has 0 atom stereocenters. The van der Waals surface area contributed by atoms with Crippen LogP contribution >= 0.6 is 0 Å². The van der Waals surface area contributed by atoms with E-state index >= 15 is 0 Å². The smallest absolute Gasteiger partial charge is 0.410 e. The topological polar surface area (TPSA) is 61.8 Å². The third-order valence-corrected chi connectivity index (χ3v) is 2.80. The summed E-state index contributed by atoms with van der Waals surface area (Å²) in [5.41, 5.74) is -0.417. The fourth-order valence-corrected chi connectivity index (χ4v) is 1.80. The first kappa shape index (κ1) is 15.2. The Morgan fingerprint density at radius 1 is 1.33 bits per heavy atom. The number of hydrogen-bond donors (Lipinski definition) is 2. The Hall–Kier alpha value is -0.810. The molecule has 2 N–H and O–H groups in total. The highest BCUT2D eigenvalue weighted by molar-refractivity contribution is 5.69. The first-order chi connectivity index (χ1) is 8.42. The van der Waals surface area contributed by atoms with E-state index in [0.717, 1.165) is 38.9 Å². The van der Waals surface area contributed by atoms with Gasteiger partial charge >= 0.3 is 6.09 Å². The van der Waals surface area contributed by atoms with Gasteiger partial charge in [0.05, 0.1) is 0 Å².